The van der Waals surface area contributed by atoms with Crippen molar-refractivity contribution < 1.29 is 23.9 Å². The quantitative estimate of drug-likeness (QED) is 0.685. The van der Waals surface area contributed by atoms with Gasteiger partial charge in [-0.15, -0.1) is 0 Å². The van der Waals surface area contributed by atoms with Crippen LogP contribution in [0.15, 0.2) is 30.3 Å². The smallest absolute Gasteiger partial charge is 0.407 e. The molecule has 0 aliphatic rings. The number of alkyl carbamates (subject to hydrolysis) is 1. The van der Waals surface area contributed by atoms with E-state index in [0.717, 1.165) is 5.56 Å². The molecule has 1 amide bonds. The second-order valence-corrected chi connectivity index (χ2v) is 12.4. The minimum Gasteiger partial charge on any atom is -0.481 e. The highest BCUT2D eigenvalue weighted by molar-refractivity contribution is 6.74. The van der Waals surface area contributed by atoms with E-state index in [2.05, 4.69) is 39.2 Å². The molecule has 0 saturated carbocycles. The summed E-state index contributed by atoms with van der Waals surface area (Å²) in [6.45, 7) is 10.6. The van der Waals surface area contributed by atoms with E-state index in [-0.39, 0.29) is 24.8 Å². The minimum absolute atomic E-state index is 0.00189. The molecular weight excluding hydrogens is 338 g/mol. The van der Waals surface area contributed by atoms with Gasteiger partial charge in [0.05, 0.1) is 5.92 Å². The van der Waals surface area contributed by atoms with E-state index in [1.54, 1.807) is 0 Å². The number of amides is 1. The Hall–Kier alpha value is -1.86. The van der Waals surface area contributed by atoms with Gasteiger partial charge in [-0.25, -0.2) is 4.79 Å². The Kier molecular flexibility index (Phi) is 7.63. The number of hydrogen-bond donors (Lipinski definition) is 2. The molecular formula is C18H29NO5Si. The zero-order valence-electron chi connectivity index (χ0n) is 15.7. The molecule has 1 aromatic rings. The maximum absolute atomic E-state index is 11.7. The fourth-order valence-corrected chi connectivity index (χ4v) is 2.77. The van der Waals surface area contributed by atoms with Crippen LogP contribution >= 0.6 is 0 Å². The van der Waals surface area contributed by atoms with Crippen LogP contribution in [0.4, 0.5) is 4.79 Å². The summed E-state index contributed by atoms with van der Waals surface area (Å²) in [6.07, 6.45) is -0.637. The second kappa shape index (κ2) is 9.01. The fourth-order valence-electron chi connectivity index (χ4n) is 1.72. The standard InChI is InChI=1S/C18H29NO5Si/c1-18(2,3)25(4,5)24-13-15(16(20)21)11-19-17(22)23-12-14-9-7-6-8-10-14/h6-10,15H,11-13H2,1-5H3,(H,19,22)(H,20,21). The molecule has 0 heterocycles. The summed E-state index contributed by atoms with van der Waals surface area (Å²) in [5.74, 6) is -1.81. The lowest BCUT2D eigenvalue weighted by Crippen LogP contribution is -2.44. The van der Waals surface area contributed by atoms with Crippen LogP contribution in [0.3, 0.4) is 0 Å². The highest BCUT2D eigenvalue weighted by atomic mass is 28.4. The first-order valence-electron chi connectivity index (χ1n) is 8.34. The minimum atomic E-state index is -2.04. The van der Waals surface area contributed by atoms with Crippen molar-refractivity contribution in [3.63, 3.8) is 0 Å². The third kappa shape index (κ3) is 7.27. The molecule has 1 atom stereocenters. The van der Waals surface area contributed by atoms with Crippen LogP contribution in [-0.4, -0.2) is 38.6 Å². The third-order valence-corrected chi connectivity index (χ3v) is 9.01. The molecule has 1 rings (SSSR count). The lowest BCUT2D eigenvalue weighted by molar-refractivity contribution is -0.142. The van der Waals surface area contributed by atoms with Crippen LogP contribution in [0.2, 0.25) is 18.1 Å². The zero-order valence-corrected chi connectivity index (χ0v) is 16.7. The number of carbonyl (C=O) groups excluding carboxylic acids is 1. The van der Waals surface area contributed by atoms with E-state index < -0.39 is 26.3 Å². The number of rotatable bonds is 8. The van der Waals surface area contributed by atoms with E-state index in [0.29, 0.717) is 0 Å². The van der Waals surface area contributed by atoms with Gasteiger partial charge in [-0.1, -0.05) is 51.1 Å². The Bertz CT molecular complexity index is 569. The Morgan fingerprint density at radius 2 is 1.80 bits per heavy atom. The molecule has 140 valence electrons. The van der Waals surface area contributed by atoms with E-state index >= 15 is 0 Å². The van der Waals surface area contributed by atoms with Crippen LogP contribution in [-0.2, 0) is 20.6 Å². The van der Waals surface area contributed by atoms with Gasteiger partial charge in [-0.3, -0.25) is 4.79 Å². The number of benzene rings is 1. The fraction of sp³-hybridized carbons (Fsp3) is 0.556. The van der Waals surface area contributed by atoms with E-state index in [1.807, 2.05) is 30.3 Å². The van der Waals surface area contributed by atoms with Gasteiger partial charge in [-0.2, -0.15) is 0 Å². The van der Waals surface area contributed by atoms with E-state index in [1.165, 1.54) is 0 Å². The van der Waals surface area contributed by atoms with Crippen molar-refractivity contribution in [2.24, 2.45) is 5.92 Å². The molecule has 0 aliphatic heterocycles. The number of hydrogen-bond acceptors (Lipinski definition) is 4. The van der Waals surface area contributed by atoms with Crippen molar-refractivity contribution in [3.8, 4) is 0 Å². The van der Waals surface area contributed by atoms with Gasteiger partial charge >= 0.3 is 12.1 Å². The molecule has 0 bridgehead atoms. The highest BCUT2D eigenvalue weighted by Crippen LogP contribution is 2.36. The number of ether oxygens (including phenoxy) is 1. The number of nitrogens with one attached hydrogen (secondary N) is 1. The SMILES string of the molecule is CC(C)(C)[Si](C)(C)OCC(CNC(=O)OCc1ccccc1)C(=O)O. The molecule has 2 N–H and O–H groups in total. The summed E-state index contributed by atoms with van der Waals surface area (Å²) < 4.78 is 11.0. The number of carboxylic acid groups (broad SMARTS) is 1. The Labute approximate surface area is 150 Å². The van der Waals surface area contributed by atoms with E-state index in [9.17, 15) is 14.7 Å². The highest BCUT2D eigenvalue weighted by Gasteiger charge is 2.38. The zero-order chi connectivity index (χ0) is 19.1. The van der Waals surface area contributed by atoms with Gasteiger partial charge < -0.3 is 19.6 Å². The Morgan fingerprint density at radius 1 is 1.20 bits per heavy atom. The van der Waals surface area contributed by atoms with Crippen LogP contribution in [0, 0.1) is 5.92 Å². The van der Waals surface area contributed by atoms with Gasteiger partial charge in [0.15, 0.2) is 8.32 Å². The molecule has 0 fully saturated rings. The van der Waals surface area contributed by atoms with Crippen LogP contribution in [0.5, 0.6) is 0 Å². The summed E-state index contributed by atoms with van der Waals surface area (Å²) >= 11 is 0. The van der Waals surface area contributed by atoms with Gasteiger partial charge in [-0.05, 0) is 23.7 Å². The van der Waals surface area contributed by atoms with Crippen LogP contribution in [0.1, 0.15) is 26.3 Å². The van der Waals surface area contributed by atoms with Crippen molar-refractivity contribution in [1.82, 2.24) is 5.32 Å². The summed E-state index contributed by atoms with van der Waals surface area (Å²) in [5.41, 5.74) is 0.869. The molecule has 1 aromatic carbocycles. The lowest BCUT2D eigenvalue weighted by atomic mass is 10.2. The maximum atomic E-state index is 11.7. The van der Waals surface area contributed by atoms with E-state index in [4.69, 9.17) is 9.16 Å². The summed E-state index contributed by atoms with van der Waals surface area (Å²) in [6, 6.07) is 9.29. The van der Waals surface area contributed by atoms with Crippen molar-refractivity contribution in [2.45, 2.75) is 45.5 Å². The predicted molar refractivity (Wildman–Crippen MR) is 98.9 cm³/mol. The Morgan fingerprint density at radius 3 is 2.32 bits per heavy atom. The Balaban J connectivity index is 2.45. The maximum Gasteiger partial charge on any atom is 0.407 e. The largest absolute Gasteiger partial charge is 0.481 e. The number of aliphatic carboxylic acids is 1. The molecule has 1 unspecified atom stereocenters. The molecule has 0 radical (unpaired) electrons. The second-order valence-electron chi connectivity index (χ2n) is 7.55. The first kappa shape index (κ1) is 21.2. The third-order valence-electron chi connectivity index (χ3n) is 4.51. The molecule has 0 aromatic heterocycles. The van der Waals surface area contributed by atoms with Crippen molar-refractivity contribution in [2.75, 3.05) is 13.2 Å². The van der Waals surface area contributed by atoms with Gasteiger partial charge in [0.2, 0.25) is 0 Å². The molecule has 6 nitrogen and oxygen atoms in total. The predicted octanol–water partition coefficient (Wildman–Crippen LogP) is 3.64. The molecule has 7 heteroatoms. The van der Waals surface area contributed by atoms with Crippen molar-refractivity contribution in [1.29, 1.82) is 0 Å². The summed E-state index contributed by atoms with van der Waals surface area (Å²) in [7, 11) is -2.04. The van der Waals surface area contributed by atoms with Gasteiger partial charge in [0.25, 0.3) is 0 Å². The van der Waals surface area contributed by atoms with Crippen molar-refractivity contribution in [3.05, 3.63) is 35.9 Å². The molecule has 0 aliphatic carbocycles. The first-order chi connectivity index (χ1) is 11.5. The molecule has 0 saturated heterocycles. The van der Waals surface area contributed by atoms with Gasteiger partial charge in [0, 0.05) is 13.2 Å². The first-order valence-corrected chi connectivity index (χ1v) is 11.2. The average Bonchev–Trinajstić information content (AvgIpc) is 2.52. The topological polar surface area (TPSA) is 84.9 Å². The normalized spacial score (nSPS) is 13.2. The monoisotopic (exact) mass is 367 g/mol. The molecule has 0 spiro atoms. The summed E-state index contributed by atoms with van der Waals surface area (Å²) in [5, 5.41) is 11.8. The number of carbonyl (C=O) groups is 2. The van der Waals surface area contributed by atoms with Crippen molar-refractivity contribution >= 4 is 20.4 Å². The number of carboxylic acids is 1. The lowest BCUT2D eigenvalue weighted by Gasteiger charge is -2.36. The van der Waals surface area contributed by atoms with Crippen LogP contribution in [0.25, 0.3) is 0 Å². The molecule has 25 heavy (non-hydrogen) atoms. The average molecular weight is 368 g/mol. The van der Waals surface area contributed by atoms with Crippen LogP contribution < -0.4 is 5.32 Å². The summed E-state index contributed by atoms with van der Waals surface area (Å²) in [4.78, 5) is 23.1. The van der Waals surface area contributed by atoms with Gasteiger partial charge in [0.1, 0.15) is 6.61 Å².